The van der Waals surface area contributed by atoms with Crippen molar-refractivity contribution in [2.75, 3.05) is 23.7 Å². The molecule has 4 rings (SSSR count). The number of hydrogen-bond acceptors (Lipinski definition) is 4. The van der Waals surface area contributed by atoms with E-state index < -0.39 is 15.7 Å². The van der Waals surface area contributed by atoms with Gasteiger partial charge in [0.05, 0.1) is 10.8 Å². The largest absolute Gasteiger partial charge is 0.337 e. The first kappa shape index (κ1) is 17.0. The summed E-state index contributed by atoms with van der Waals surface area (Å²) in [5.41, 5.74) is 1.30. The Bertz CT molecular complexity index is 872. The quantitative estimate of drug-likeness (QED) is 0.792. The van der Waals surface area contributed by atoms with E-state index in [9.17, 15) is 13.8 Å². The number of likely N-dealkylation sites (tertiary alicyclic amines) is 1. The highest BCUT2D eigenvalue weighted by Crippen LogP contribution is 2.40. The van der Waals surface area contributed by atoms with Gasteiger partial charge in [0.25, 0.3) is 5.91 Å². The molecule has 7 nitrogen and oxygen atoms in total. The summed E-state index contributed by atoms with van der Waals surface area (Å²) in [6.07, 6.45) is 2.61. The summed E-state index contributed by atoms with van der Waals surface area (Å²) in [6.45, 7) is 0.929. The molecule has 2 saturated heterocycles. The van der Waals surface area contributed by atoms with Gasteiger partial charge in [-0.05, 0) is 18.2 Å². The number of carbonyl (C=O) groups is 2. The molecule has 0 saturated carbocycles. The van der Waals surface area contributed by atoms with Gasteiger partial charge in [-0.2, -0.15) is 5.10 Å². The molecule has 136 valence electrons. The minimum atomic E-state index is -1.28. The monoisotopic (exact) mass is 372 g/mol. The van der Waals surface area contributed by atoms with Crippen LogP contribution < -0.4 is 4.90 Å². The predicted octanol–water partition coefficient (Wildman–Crippen LogP) is 1.15. The Hall–Kier alpha value is -2.48. The highest BCUT2D eigenvalue weighted by atomic mass is 32.2. The average Bonchev–Trinajstić information content (AvgIpc) is 3.17. The molecule has 8 heteroatoms. The average molecular weight is 372 g/mol. The van der Waals surface area contributed by atoms with Crippen LogP contribution in [0.1, 0.15) is 23.3 Å². The lowest BCUT2D eigenvalue weighted by atomic mass is 10.0. The third kappa shape index (κ3) is 2.56. The van der Waals surface area contributed by atoms with Crippen LogP contribution in [0.15, 0.2) is 42.6 Å². The van der Waals surface area contributed by atoms with E-state index in [1.54, 1.807) is 33.8 Å². The van der Waals surface area contributed by atoms with E-state index in [2.05, 4.69) is 5.10 Å². The zero-order valence-corrected chi connectivity index (χ0v) is 15.3. The third-order valence-electron chi connectivity index (χ3n) is 5.22. The minimum Gasteiger partial charge on any atom is -0.337 e. The van der Waals surface area contributed by atoms with Gasteiger partial charge in [0.15, 0.2) is 0 Å². The molecular weight excluding hydrogens is 352 g/mol. The maximum atomic E-state index is 12.8. The SMILES string of the molecule is Cn1nccc1C(=O)N1CCC2(CC1)N(c1ccccc1)C(=O)CS2=O. The van der Waals surface area contributed by atoms with E-state index in [1.807, 2.05) is 30.3 Å². The Morgan fingerprint density at radius 2 is 1.85 bits per heavy atom. The number of anilines is 1. The molecule has 1 atom stereocenters. The van der Waals surface area contributed by atoms with E-state index in [-0.39, 0.29) is 17.6 Å². The van der Waals surface area contributed by atoms with Gasteiger partial charge in [0.2, 0.25) is 5.91 Å². The molecule has 1 unspecified atom stereocenters. The minimum absolute atomic E-state index is 0.0462. The molecule has 2 fully saturated rings. The maximum absolute atomic E-state index is 12.8. The van der Waals surface area contributed by atoms with Crippen LogP contribution in [0, 0.1) is 0 Å². The first-order valence-electron chi connectivity index (χ1n) is 8.57. The molecule has 0 bridgehead atoms. The van der Waals surface area contributed by atoms with Crippen molar-refractivity contribution in [3.05, 3.63) is 48.3 Å². The number of piperidine rings is 1. The van der Waals surface area contributed by atoms with Crippen LogP contribution in [0.5, 0.6) is 0 Å². The summed E-state index contributed by atoms with van der Waals surface area (Å²) in [5.74, 6) is -0.146. The van der Waals surface area contributed by atoms with Crippen molar-refractivity contribution >= 4 is 28.3 Å². The fourth-order valence-electron chi connectivity index (χ4n) is 3.85. The van der Waals surface area contributed by atoms with Crippen molar-refractivity contribution in [2.45, 2.75) is 17.7 Å². The second-order valence-corrected chi connectivity index (χ2v) is 8.37. The number of aryl methyl sites for hydroxylation is 1. The van der Waals surface area contributed by atoms with Crippen molar-refractivity contribution in [3.63, 3.8) is 0 Å². The number of carbonyl (C=O) groups excluding carboxylic acids is 2. The van der Waals surface area contributed by atoms with E-state index in [0.717, 1.165) is 5.69 Å². The van der Waals surface area contributed by atoms with Gasteiger partial charge in [0, 0.05) is 44.9 Å². The Balaban J connectivity index is 1.58. The normalized spacial score (nSPS) is 22.2. The smallest absolute Gasteiger partial charge is 0.272 e. The Morgan fingerprint density at radius 3 is 2.46 bits per heavy atom. The maximum Gasteiger partial charge on any atom is 0.272 e. The summed E-state index contributed by atoms with van der Waals surface area (Å²) in [4.78, 5) is 28.0. The molecule has 1 aromatic carbocycles. The Kier molecular flexibility index (Phi) is 4.14. The fourth-order valence-corrected chi connectivity index (χ4v) is 5.52. The third-order valence-corrected chi connectivity index (χ3v) is 7.17. The summed E-state index contributed by atoms with van der Waals surface area (Å²) >= 11 is 0. The molecule has 26 heavy (non-hydrogen) atoms. The lowest BCUT2D eigenvalue weighted by Crippen LogP contribution is -2.56. The zero-order chi connectivity index (χ0) is 18.3. The van der Waals surface area contributed by atoms with E-state index in [1.165, 1.54) is 0 Å². The van der Waals surface area contributed by atoms with E-state index >= 15 is 0 Å². The highest BCUT2D eigenvalue weighted by Gasteiger charge is 2.53. The van der Waals surface area contributed by atoms with Crippen LogP contribution in [-0.2, 0) is 22.6 Å². The number of hydrogen-bond donors (Lipinski definition) is 0. The standard InChI is InChI=1S/C18H20N4O3S/c1-20-15(7-10-19-20)17(24)21-11-8-18(9-12-21)22(16(23)13-26(18)25)14-5-3-2-4-6-14/h2-7,10H,8-9,11-13H2,1H3. The number of amides is 2. The van der Waals surface area contributed by atoms with Crippen molar-refractivity contribution in [1.29, 1.82) is 0 Å². The van der Waals surface area contributed by atoms with Crippen LogP contribution >= 0.6 is 0 Å². The topological polar surface area (TPSA) is 75.5 Å². The lowest BCUT2D eigenvalue weighted by molar-refractivity contribution is -0.116. The summed E-state index contributed by atoms with van der Waals surface area (Å²) in [6, 6.07) is 11.1. The Morgan fingerprint density at radius 1 is 1.15 bits per heavy atom. The van der Waals surface area contributed by atoms with Crippen molar-refractivity contribution in [1.82, 2.24) is 14.7 Å². The number of para-hydroxylation sites is 1. The molecule has 2 aromatic rings. The van der Waals surface area contributed by atoms with Crippen LogP contribution in [0.2, 0.25) is 0 Å². The van der Waals surface area contributed by atoms with Gasteiger partial charge in [-0.3, -0.25) is 23.4 Å². The molecule has 0 N–H and O–H groups in total. The molecule has 3 heterocycles. The second kappa shape index (κ2) is 6.35. The van der Waals surface area contributed by atoms with Gasteiger partial charge in [-0.25, -0.2) is 0 Å². The second-order valence-electron chi connectivity index (χ2n) is 6.63. The van der Waals surface area contributed by atoms with Gasteiger partial charge in [-0.1, -0.05) is 18.2 Å². The van der Waals surface area contributed by atoms with Crippen LogP contribution in [-0.4, -0.2) is 54.4 Å². The summed E-state index contributed by atoms with van der Waals surface area (Å²) < 4.78 is 14.4. The van der Waals surface area contributed by atoms with Crippen molar-refractivity contribution < 1.29 is 13.8 Å². The van der Waals surface area contributed by atoms with Crippen LogP contribution in [0.4, 0.5) is 5.69 Å². The van der Waals surface area contributed by atoms with Gasteiger partial charge < -0.3 is 4.90 Å². The predicted molar refractivity (Wildman–Crippen MR) is 98.0 cm³/mol. The van der Waals surface area contributed by atoms with Crippen molar-refractivity contribution in [3.8, 4) is 0 Å². The number of nitrogens with zero attached hydrogens (tertiary/aromatic N) is 4. The van der Waals surface area contributed by atoms with Crippen LogP contribution in [0.25, 0.3) is 0 Å². The molecule has 0 radical (unpaired) electrons. The molecule has 2 aliphatic heterocycles. The fraction of sp³-hybridized carbons (Fsp3) is 0.389. The lowest BCUT2D eigenvalue weighted by Gasteiger charge is -2.43. The molecular formula is C18H20N4O3S. The van der Waals surface area contributed by atoms with Gasteiger partial charge >= 0.3 is 0 Å². The highest BCUT2D eigenvalue weighted by molar-refractivity contribution is 7.88. The first-order chi connectivity index (χ1) is 12.5. The van der Waals surface area contributed by atoms with Crippen LogP contribution in [0.3, 0.4) is 0 Å². The molecule has 2 aliphatic rings. The van der Waals surface area contributed by atoms with E-state index in [0.29, 0.717) is 31.6 Å². The molecule has 1 spiro atoms. The number of aromatic nitrogens is 2. The molecule has 1 aromatic heterocycles. The molecule has 0 aliphatic carbocycles. The summed E-state index contributed by atoms with van der Waals surface area (Å²) in [7, 11) is 0.460. The van der Waals surface area contributed by atoms with Crippen molar-refractivity contribution in [2.24, 2.45) is 7.05 Å². The number of benzene rings is 1. The van der Waals surface area contributed by atoms with Gasteiger partial charge in [-0.15, -0.1) is 0 Å². The zero-order valence-electron chi connectivity index (χ0n) is 14.5. The Labute approximate surface area is 154 Å². The van der Waals surface area contributed by atoms with E-state index in [4.69, 9.17) is 0 Å². The first-order valence-corrected chi connectivity index (χ1v) is 9.89. The summed E-state index contributed by atoms with van der Waals surface area (Å²) in [5, 5.41) is 4.04. The molecule has 2 amide bonds. The number of rotatable bonds is 2. The van der Waals surface area contributed by atoms with Gasteiger partial charge in [0.1, 0.15) is 16.3 Å².